The van der Waals surface area contributed by atoms with Gasteiger partial charge < -0.3 is 4.57 Å². The SMILES string of the molecule is c1ccc(-c2nc(-c3ccccc3)nc(-c3cccc(-c4cc(-n5c6ccccc6c6c7sc8ccccc8c7ccc65)cc5c4sc4ccccc45)c3)n2)cc1. The lowest BCUT2D eigenvalue weighted by Crippen LogP contribution is -2.00. The number of nitrogens with zero attached hydrogens (tertiary/aromatic N) is 4. The monoisotopic (exact) mass is 762 g/mol. The zero-order valence-electron chi connectivity index (χ0n) is 30.4. The normalized spacial score (nSPS) is 11.9. The van der Waals surface area contributed by atoms with Crippen LogP contribution in [0.25, 0.3) is 113 Å². The summed E-state index contributed by atoms with van der Waals surface area (Å²) in [5.41, 5.74) is 8.68. The highest BCUT2D eigenvalue weighted by atomic mass is 32.1. The molecular formula is C51H30N4S2. The van der Waals surface area contributed by atoms with E-state index in [2.05, 4.69) is 150 Å². The Hall–Kier alpha value is -6.99. The molecule has 0 spiro atoms. The molecule has 0 aliphatic carbocycles. The van der Waals surface area contributed by atoms with Crippen molar-refractivity contribution in [2.24, 2.45) is 0 Å². The van der Waals surface area contributed by atoms with E-state index in [1.54, 1.807) is 0 Å². The first-order valence-electron chi connectivity index (χ1n) is 19.0. The maximum Gasteiger partial charge on any atom is 0.164 e. The van der Waals surface area contributed by atoms with Crippen LogP contribution in [-0.2, 0) is 0 Å². The molecule has 0 aliphatic rings. The summed E-state index contributed by atoms with van der Waals surface area (Å²) in [6.07, 6.45) is 0. The van der Waals surface area contributed by atoms with Crippen LogP contribution in [0.2, 0.25) is 0 Å². The number of aromatic nitrogens is 4. The van der Waals surface area contributed by atoms with Crippen LogP contribution in [0.3, 0.4) is 0 Å². The van der Waals surface area contributed by atoms with Gasteiger partial charge in [-0.1, -0.05) is 140 Å². The Kier molecular flexibility index (Phi) is 7.24. The minimum Gasteiger partial charge on any atom is -0.309 e. The minimum absolute atomic E-state index is 0.642. The van der Waals surface area contributed by atoms with Crippen molar-refractivity contribution >= 4 is 84.8 Å². The summed E-state index contributed by atoms with van der Waals surface area (Å²) in [6.45, 7) is 0. The largest absolute Gasteiger partial charge is 0.309 e. The topological polar surface area (TPSA) is 43.6 Å². The van der Waals surface area contributed by atoms with Crippen molar-refractivity contribution in [1.82, 2.24) is 19.5 Å². The summed E-state index contributed by atoms with van der Waals surface area (Å²) in [6, 6.07) is 64.8. The van der Waals surface area contributed by atoms with Crippen LogP contribution in [-0.4, -0.2) is 19.5 Å². The highest BCUT2D eigenvalue weighted by Gasteiger charge is 2.21. The van der Waals surface area contributed by atoms with Crippen molar-refractivity contribution in [2.75, 3.05) is 0 Å². The van der Waals surface area contributed by atoms with E-state index >= 15 is 0 Å². The third kappa shape index (κ3) is 5.15. The van der Waals surface area contributed by atoms with Gasteiger partial charge in [0.25, 0.3) is 0 Å². The average Bonchev–Trinajstić information content (AvgIpc) is 3.96. The van der Waals surface area contributed by atoms with Gasteiger partial charge in [0.15, 0.2) is 17.5 Å². The molecule has 6 heteroatoms. The molecule has 0 bridgehead atoms. The maximum atomic E-state index is 5.08. The second kappa shape index (κ2) is 12.8. The van der Waals surface area contributed by atoms with E-state index < -0.39 is 0 Å². The van der Waals surface area contributed by atoms with Gasteiger partial charge in [-0.15, -0.1) is 22.7 Å². The number of thiophene rings is 2. The lowest BCUT2D eigenvalue weighted by molar-refractivity contribution is 1.07. The predicted octanol–water partition coefficient (Wildman–Crippen LogP) is 14.4. The van der Waals surface area contributed by atoms with Crippen molar-refractivity contribution in [3.8, 4) is 51.0 Å². The maximum absolute atomic E-state index is 5.08. The molecule has 57 heavy (non-hydrogen) atoms. The molecule has 4 heterocycles. The third-order valence-electron chi connectivity index (χ3n) is 11.0. The number of hydrogen-bond donors (Lipinski definition) is 0. The quantitative estimate of drug-likeness (QED) is 0.175. The summed E-state index contributed by atoms with van der Waals surface area (Å²) in [4.78, 5) is 15.1. The predicted molar refractivity (Wildman–Crippen MR) is 242 cm³/mol. The van der Waals surface area contributed by atoms with Crippen molar-refractivity contribution in [2.45, 2.75) is 0 Å². The standard InChI is InChI=1S/C51H30N4S2/c1-3-14-31(15-4-1)49-52-50(32-16-5-2-6-17-32)54-51(53-49)34-19-13-18-33(28-34)40-29-35(30-41-37-21-9-12-25-45(37)56-47(40)41)55-42-23-10-7-22-39(42)46-43(55)27-26-38-36-20-8-11-24-44(36)57-48(38)46/h1-30H. The van der Waals surface area contributed by atoms with Gasteiger partial charge in [-0.3, -0.25) is 0 Å². The number of hydrogen-bond acceptors (Lipinski definition) is 5. The molecule has 4 aromatic heterocycles. The van der Waals surface area contributed by atoms with E-state index in [1.165, 1.54) is 67.7 Å². The van der Waals surface area contributed by atoms with Crippen LogP contribution in [0.15, 0.2) is 182 Å². The Morgan fingerprint density at radius 1 is 0.351 bits per heavy atom. The van der Waals surface area contributed by atoms with Gasteiger partial charge >= 0.3 is 0 Å². The molecule has 0 unspecified atom stereocenters. The van der Waals surface area contributed by atoms with E-state index in [9.17, 15) is 0 Å². The Labute approximate surface area is 335 Å². The minimum atomic E-state index is 0.642. The molecule has 266 valence electrons. The van der Waals surface area contributed by atoms with Gasteiger partial charge in [-0.05, 0) is 48.0 Å². The van der Waals surface area contributed by atoms with Gasteiger partial charge in [0.2, 0.25) is 0 Å². The molecule has 0 fully saturated rings. The third-order valence-corrected chi connectivity index (χ3v) is 13.5. The van der Waals surface area contributed by atoms with Crippen LogP contribution >= 0.6 is 22.7 Å². The van der Waals surface area contributed by atoms with Gasteiger partial charge in [-0.25, -0.2) is 15.0 Å². The molecule has 0 amide bonds. The van der Waals surface area contributed by atoms with Gasteiger partial charge in [-0.2, -0.15) is 0 Å². The van der Waals surface area contributed by atoms with Crippen LogP contribution in [0.4, 0.5) is 0 Å². The number of para-hydroxylation sites is 1. The highest BCUT2D eigenvalue weighted by molar-refractivity contribution is 7.27. The van der Waals surface area contributed by atoms with Crippen LogP contribution < -0.4 is 0 Å². The number of rotatable bonds is 5. The molecule has 12 rings (SSSR count). The molecule has 0 radical (unpaired) electrons. The summed E-state index contributed by atoms with van der Waals surface area (Å²) in [7, 11) is 0. The fourth-order valence-corrected chi connectivity index (χ4v) is 10.9. The second-order valence-electron chi connectivity index (χ2n) is 14.4. The lowest BCUT2D eigenvalue weighted by Gasteiger charge is -2.13. The molecule has 0 N–H and O–H groups in total. The fourth-order valence-electron chi connectivity index (χ4n) is 8.43. The van der Waals surface area contributed by atoms with E-state index in [4.69, 9.17) is 15.0 Å². The molecule has 0 saturated carbocycles. The zero-order chi connectivity index (χ0) is 37.5. The Bertz CT molecular complexity index is 3470. The van der Waals surface area contributed by atoms with Crippen molar-refractivity contribution in [3.63, 3.8) is 0 Å². The molecule has 0 atom stereocenters. The highest BCUT2D eigenvalue weighted by Crippen LogP contribution is 2.46. The van der Waals surface area contributed by atoms with E-state index in [1.807, 2.05) is 59.1 Å². The van der Waals surface area contributed by atoms with Crippen LogP contribution in [0.5, 0.6) is 0 Å². The summed E-state index contributed by atoms with van der Waals surface area (Å²) < 4.78 is 7.65. The number of benzene rings is 8. The van der Waals surface area contributed by atoms with Crippen molar-refractivity contribution in [1.29, 1.82) is 0 Å². The first-order chi connectivity index (χ1) is 28.2. The Morgan fingerprint density at radius 3 is 1.60 bits per heavy atom. The second-order valence-corrected chi connectivity index (χ2v) is 16.5. The van der Waals surface area contributed by atoms with Crippen LogP contribution in [0, 0.1) is 0 Å². The molecule has 0 aliphatic heterocycles. The van der Waals surface area contributed by atoms with Crippen molar-refractivity contribution < 1.29 is 0 Å². The molecule has 12 aromatic rings. The van der Waals surface area contributed by atoms with Gasteiger partial charge in [0.1, 0.15) is 0 Å². The Morgan fingerprint density at radius 2 is 0.895 bits per heavy atom. The number of fused-ring (bicyclic) bond motifs is 10. The van der Waals surface area contributed by atoms with E-state index in [0.717, 1.165) is 27.9 Å². The smallest absolute Gasteiger partial charge is 0.164 e. The van der Waals surface area contributed by atoms with Gasteiger partial charge in [0, 0.05) is 79.1 Å². The van der Waals surface area contributed by atoms with E-state index in [-0.39, 0.29) is 0 Å². The summed E-state index contributed by atoms with van der Waals surface area (Å²) >= 11 is 3.74. The summed E-state index contributed by atoms with van der Waals surface area (Å²) in [5.74, 6) is 1.94. The zero-order valence-corrected chi connectivity index (χ0v) is 32.1. The molecule has 0 saturated heterocycles. The van der Waals surface area contributed by atoms with Gasteiger partial charge in [0.05, 0.1) is 11.0 Å². The van der Waals surface area contributed by atoms with Crippen molar-refractivity contribution in [3.05, 3.63) is 182 Å². The fraction of sp³-hybridized carbons (Fsp3) is 0. The van der Waals surface area contributed by atoms with E-state index in [0.29, 0.717) is 17.5 Å². The average molecular weight is 763 g/mol. The molecule has 8 aromatic carbocycles. The van der Waals surface area contributed by atoms with Crippen LogP contribution in [0.1, 0.15) is 0 Å². The lowest BCUT2D eigenvalue weighted by atomic mass is 9.99. The summed E-state index contributed by atoms with van der Waals surface area (Å²) in [5, 5.41) is 7.71. The molecule has 4 nitrogen and oxygen atoms in total. The molecular weight excluding hydrogens is 733 g/mol. The first kappa shape index (κ1) is 32.3. The Balaban J connectivity index is 1.10. The first-order valence-corrected chi connectivity index (χ1v) is 20.7.